The number of hydrogen-bond acceptors (Lipinski definition) is 7. The van der Waals surface area contributed by atoms with Crippen LogP contribution in [0.3, 0.4) is 0 Å². The van der Waals surface area contributed by atoms with E-state index in [-0.39, 0.29) is 0 Å². The second-order valence-corrected chi connectivity index (χ2v) is 7.49. The lowest BCUT2D eigenvalue weighted by molar-refractivity contribution is -0.0906. The van der Waals surface area contributed by atoms with Crippen LogP contribution in [0.5, 0.6) is 0 Å². The molecule has 3 fully saturated rings. The number of pyridine rings is 2. The summed E-state index contributed by atoms with van der Waals surface area (Å²) in [5.41, 5.74) is 1.91. The molecule has 0 unspecified atom stereocenters. The van der Waals surface area contributed by atoms with Crippen LogP contribution in [0.25, 0.3) is 0 Å². The smallest absolute Gasteiger partial charge is 0.134 e. The first-order valence-electron chi connectivity index (χ1n) is 9.50. The van der Waals surface area contributed by atoms with Crippen LogP contribution in [0, 0.1) is 11.3 Å². The third-order valence-corrected chi connectivity index (χ3v) is 5.68. The highest BCUT2D eigenvalue weighted by Gasteiger charge is 2.37. The zero-order valence-electron chi connectivity index (χ0n) is 15.1. The zero-order valence-corrected chi connectivity index (χ0v) is 15.1. The summed E-state index contributed by atoms with van der Waals surface area (Å²) in [6, 6.07) is 10.6. The van der Waals surface area contributed by atoms with Crippen LogP contribution in [0.15, 0.2) is 30.5 Å². The van der Waals surface area contributed by atoms with Crippen LogP contribution in [0.2, 0.25) is 0 Å². The number of rotatable bonds is 5. The fraction of sp³-hybridized carbons (Fsp3) is 0.450. The highest BCUT2D eigenvalue weighted by molar-refractivity contribution is 5.59. The molecule has 3 saturated heterocycles. The SMILES string of the molecule is N#Cc1ccnc(Nc2cc(C3CN(C4COC4)C3)cc(N3CCC3)n2)c1. The summed E-state index contributed by atoms with van der Waals surface area (Å²) < 4.78 is 5.31. The van der Waals surface area contributed by atoms with Crippen molar-refractivity contribution in [1.29, 1.82) is 5.26 Å². The lowest BCUT2D eigenvalue weighted by Gasteiger charge is -2.47. The molecule has 0 aliphatic carbocycles. The molecule has 3 aliphatic heterocycles. The molecule has 2 aromatic heterocycles. The van der Waals surface area contributed by atoms with Gasteiger partial charge in [0.05, 0.1) is 30.9 Å². The van der Waals surface area contributed by atoms with Crippen molar-refractivity contribution in [2.45, 2.75) is 18.4 Å². The number of anilines is 3. The Morgan fingerprint density at radius 1 is 1.15 bits per heavy atom. The van der Waals surface area contributed by atoms with Gasteiger partial charge >= 0.3 is 0 Å². The van der Waals surface area contributed by atoms with Gasteiger partial charge in [0.1, 0.15) is 17.5 Å². The molecule has 3 aliphatic rings. The highest BCUT2D eigenvalue weighted by atomic mass is 16.5. The summed E-state index contributed by atoms with van der Waals surface area (Å²) in [7, 11) is 0. The van der Waals surface area contributed by atoms with Crippen LogP contribution in [0.4, 0.5) is 17.5 Å². The Labute approximate surface area is 158 Å². The Morgan fingerprint density at radius 3 is 2.67 bits per heavy atom. The molecule has 7 nitrogen and oxygen atoms in total. The maximum absolute atomic E-state index is 9.09. The second kappa shape index (κ2) is 6.80. The normalized spacial score (nSPS) is 20.3. The topological polar surface area (TPSA) is 77.3 Å². The van der Waals surface area contributed by atoms with Crippen molar-refractivity contribution in [2.75, 3.05) is 49.6 Å². The lowest BCUT2D eigenvalue weighted by atomic mass is 9.89. The molecular weight excluding hydrogens is 340 g/mol. The number of nitrogens with one attached hydrogen (secondary N) is 1. The van der Waals surface area contributed by atoms with Gasteiger partial charge in [0, 0.05) is 38.3 Å². The fourth-order valence-electron chi connectivity index (χ4n) is 3.70. The Morgan fingerprint density at radius 2 is 2.00 bits per heavy atom. The lowest BCUT2D eigenvalue weighted by Crippen LogP contribution is -2.58. The van der Waals surface area contributed by atoms with E-state index < -0.39 is 0 Å². The Hall–Kier alpha value is -2.69. The molecule has 138 valence electrons. The average molecular weight is 362 g/mol. The molecule has 0 radical (unpaired) electrons. The predicted molar refractivity (Wildman–Crippen MR) is 102 cm³/mol. The molecular formula is C20H22N6O. The average Bonchev–Trinajstić information content (AvgIpc) is 2.54. The summed E-state index contributed by atoms with van der Waals surface area (Å²) in [4.78, 5) is 13.9. The minimum absolute atomic E-state index is 0.535. The summed E-state index contributed by atoms with van der Waals surface area (Å²) in [6.07, 6.45) is 2.87. The molecule has 27 heavy (non-hydrogen) atoms. The van der Waals surface area contributed by atoms with Crippen LogP contribution >= 0.6 is 0 Å². The molecule has 0 spiro atoms. The van der Waals surface area contributed by atoms with Crippen molar-refractivity contribution >= 4 is 17.5 Å². The maximum atomic E-state index is 9.09. The maximum Gasteiger partial charge on any atom is 0.134 e. The second-order valence-electron chi connectivity index (χ2n) is 7.49. The largest absolute Gasteiger partial charge is 0.378 e. The number of hydrogen-bond donors (Lipinski definition) is 1. The van der Waals surface area contributed by atoms with E-state index >= 15 is 0 Å². The minimum atomic E-state index is 0.535. The van der Waals surface area contributed by atoms with Gasteiger partial charge in [-0.05, 0) is 36.2 Å². The number of nitrogens with zero attached hydrogens (tertiary/aromatic N) is 5. The quantitative estimate of drug-likeness (QED) is 0.873. The first-order chi connectivity index (χ1) is 13.3. The van der Waals surface area contributed by atoms with E-state index in [1.54, 1.807) is 18.3 Å². The first kappa shape index (κ1) is 16.5. The summed E-state index contributed by atoms with van der Waals surface area (Å²) in [6.45, 7) is 6.03. The number of nitriles is 1. The Bertz CT molecular complexity index is 880. The Kier molecular flexibility index (Phi) is 4.15. The van der Waals surface area contributed by atoms with Gasteiger partial charge in [-0.2, -0.15) is 5.26 Å². The molecule has 1 N–H and O–H groups in total. The van der Waals surface area contributed by atoms with Crippen molar-refractivity contribution in [2.24, 2.45) is 0 Å². The highest BCUT2D eigenvalue weighted by Crippen LogP contribution is 2.34. The van der Waals surface area contributed by atoms with Crippen molar-refractivity contribution in [3.8, 4) is 6.07 Å². The number of ether oxygens (including phenoxy) is 1. The van der Waals surface area contributed by atoms with Crippen LogP contribution in [-0.2, 0) is 4.74 Å². The molecule has 0 bridgehead atoms. The van der Waals surface area contributed by atoms with E-state index in [0.717, 1.165) is 51.0 Å². The third-order valence-electron chi connectivity index (χ3n) is 5.68. The van der Waals surface area contributed by atoms with E-state index in [1.165, 1.54) is 12.0 Å². The van der Waals surface area contributed by atoms with Crippen molar-refractivity contribution in [3.63, 3.8) is 0 Å². The first-order valence-corrected chi connectivity index (χ1v) is 9.50. The minimum Gasteiger partial charge on any atom is -0.378 e. The summed E-state index contributed by atoms with van der Waals surface area (Å²) in [5, 5.41) is 12.4. The van der Waals surface area contributed by atoms with E-state index in [2.05, 4.69) is 38.3 Å². The Balaban J connectivity index is 1.38. The number of likely N-dealkylation sites (tertiary alicyclic amines) is 1. The van der Waals surface area contributed by atoms with E-state index in [0.29, 0.717) is 23.3 Å². The summed E-state index contributed by atoms with van der Waals surface area (Å²) >= 11 is 0. The van der Waals surface area contributed by atoms with Gasteiger partial charge in [-0.3, -0.25) is 4.90 Å². The molecule has 0 saturated carbocycles. The van der Waals surface area contributed by atoms with Crippen LogP contribution in [-0.4, -0.2) is 60.3 Å². The van der Waals surface area contributed by atoms with E-state index in [1.807, 2.05) is 0 Å². The molecule has 0 aromatic carbocycles. The van der Waals surface area contributed by atoms with Gasteiger partial charge in [0.15, 0.2) is 0 Å². The van der Waals surface area contributed by atoms with Gasteiger partial charge < -0.3 is 15.0 Å². The molecule has 7 heteroatoms. The molecule has 2 aromatic rings. The van der Waals surface area contributed by atoms with Gasteiger partial charge in [-0.15, -0.1) is 0 Å². The third kappa shape index (κ3) is 3.22. The fourth-order valence-corrected chi connectivity index (χ4v) is 3.70. The van der Waals surface area contributed by atoms with Gasteiger partial charge in [0.25, 0.3) is 0 Å². The van der Waals surface area contributed by atoms with Crippen molar-refractivity contribution < 1.29 is 4.74 Å². The van der Waals surface area contributed by atoms with Crippen LogP contribution in [0.1, 0.15) is 23.5 Å². The van der Waals surface area contributed by atoms with Gasteiger partial charge in [0.2, 0.25) is 0 Å². The monoisotopic (exact) mass is 362 g/mol. The number of aromatic nitrogens is 2. The van der Waals surface area contributed by atoms with Crippen molar-refractivity contribution in [3.05, 3.63) is 41.6 Å². The van der Waals surface area contributed by atoms with E-state index in [4.69, 9.17) is 15.0 Å². The molecule has 0 amide bonds. The molecule has 0 atom stereocenters. The standard InChI is InChI=1S/C20H22N6O/c21-9-14-2-3-22-18(6-14)23-19-7-15(8-20(24-19)25-4-1-5-25)16-10-26(11-16)17-12-27-13-17/h2-3,6-8,16-17H,1,4-5,10-13H2,(H,22,23,24). The van der Waals surface area contributed by atoms with Crippen LogP contribution < -0.4 is 10.2 Å². The van der Waals surface area contributed by atoms with Gasteiger partial charge in [-0.1, -0.05) is 0 Å². The van der Waals surface area contributed by atoms with Gasteiger partial charge in [-0.25, -0.2) is 9.97 Å². The molecule has 5 heterocycles. The summed E-state index contributed by atoms with van der Waals surface area (Å²) in [5.74, 6) is 3.01. The zero-order chi connectivity index (χ0) is 18.2. The van der Waals surface area contributed by atoms with Crippen molar-refractivity contribution in [1.82, 2.24) is 14.9 Å². The van der Waals surface area contributed by atoms with E-state index in [9.17, 15) is 0 Å². The molecule has 5 rings (SSSR count). The predicted octanol–water partition coefficient (Wildman–Crippen LogP) is 2.10.